The van der Waals surface area contributed by atoms with Crippen molar-refractivity contribution in [1.82, 2.24) is 5.06 Å². The van der Waals surface area contributed by atoms with Crippen molar-refractivity contribution in [3.05, 3.63) is 35.4 Å². The molecule has 0 aliphatic carbocycles. The molecule has 6 heteroatoms. The zero-order valence-electron chi connectivity index (χ0n) is 14.4. The van der Waals surface area contributed by atoms with Crippen molar-refractivity contribution in [2.45, 2.75) is 39.7 Å². The summed E-state index contributed by atoms with van der Waals surface area (Å²) in [6.07, 6.45) is 1.53. The molecular weight excluding hydrogens is 298 g/mol. The highest BCUT2D eigenvalue weighted by molar-refractivity contribution is 5.76. The molecule has 0 aliphatic heterocycles. The van der Waals surface area contributed by atoms with Gasteiger partial charge in [-0.3, -0.25) is 19.2 Å². The Balaban J connectivity index is 0.000000459. The third-order valence-corrected chi connectivity index (χ3v) is 2.49. The van der Waals surface area contributed by atoms with E-state index in [1.807, 2.05) is 31.2 Å². The van der Waals surface area contributed by atoms with Crippen LogP contribution in [-0.4, -0.2) is 43.0 Å². The van der Waals surface area contributed by atoms with Crippen LogP contribution >= 0.6 is 0 Å². The topological polar surface area (TPSA) is 72.9 Å². The van der Waals surface area contributed by atoms with Gasteiger partial charge in [-0.1, -0.05) is 24.3 Å². The van der Waals surface area contributed by atoms with Crippen molar-refractivity contribution >= 4 is 18.7 Å². The first kappa shape index (κ1) is 20.8. The minimum Gasteiger partial charge on any atom is -0.460 e. The maximum absolute atomic E-state index is 11.1. The molecule has 0 bridgehead atoms. The Hall–Kier alpha value is -2.21. The van der Waals surface area contributed by atoms with E-state index in [1.54, 1.807) is 20.8 Å². The first-order valence-electron chi connectivity index (χ1n) is 7.23. The highest BCUT2D eigenvalue weighted by atomic mass is 16.7. The number of aldehydes is 1. The van der Waals surface area contributed by atoms with Gasteiger partial charge in [-0.15, -0.1) is 0 Å². The lowest BCUT2D eigenvalue weighted by Gasteiger charge is -2.19. The number of hydrogen-bond donors (Lipinski definition) is 0. The molecular formula is C17H25NO5. The van der Waals surface area contributed by atoms with Gasteiger partial charge in [0.2, 0.25) is 6.41 Å². The number of rotatable bonds is 6. The second-order valence-electron chi connectivity index (χ2n) is 5.80. The molecule has 6 nitrogen and oxygen atoms in total. The van der Waals surface area contributed by atoms with Crippen molar-refractivity contribution in [3.63, 3.8) is 0 Å². The summed E-state index contributed by atoms with van der Waals surface area (Å²) in [5.41, 5.74) is 1.33. The molecule has 0 unspecified atom stereocenters. The van der Waals surface area contributed by atoms with E-state index in [0.717, 1.165) is 22.5 Å². The maximum atomic E-state index is 11.1. The highest BCUT2D eigenvalue weighted by Gasteiger charge is 2.15. The molecule has 0 heterocycles. The lowest BCUT2D eigenvalue weighted by atomic mass is 10.1. The van der Waals surface area contributed by atoms with Crippen LogP contribution in [0.5, 0.6) is 0 Å². The molecule has 1 aromatic carbocycles. The van der Waals surface area contributed by atoms with Crippen LogP contribution in [-0.2, 0) is 19.2 Å². The average molecular weight is 323 g/mol. The van der Waals surface area contributed by atoms with Gasteiger partial charge in [-0.05, 0) is 33.3 Å². The van der Waals surface area contributed by atoms with E-state index in [-0.39, 0.29) is 19.0 Å². The van der Waals surface area contributed by atoms with Gasteiger partial charge < -0.3 is 4.74 Å². The smallest absolute Gasteiger partial charge is 0.308 e. The van der Waals surface area contributed by atoms with Crippen LogP contribution in [0.1, 0.15) is 43.1 Å². The van der Waals surface area contributed by atoms with Gasteiger partial charge in [0.1, 0.15) is 11.9 Å². The normalized spacial score (nSPS) is 10.1. The fourth-order valence-corrected chi connectivity index (χ4v) is 1.41. The molecule has 0 atom stereocenters. The molecule has 0 aliphatic rings. The zero-order chi connectivity index (χ0) is 17.9. The van der Waals surface area contributed by atoms with Crippen molar-refractivity contribution in [1.29, 1.82) is 0 Å². The summed E-state index contributed by atoms with van der Waals surface area (Å²) >= 11 is 0. The molecule has 0 radical (unpaired) electrons. The Morgan fingerprint density at radius 2 is 1.83 bits per heavy atom. The van der Waals surface area contributed by atoms with Gasteiger partial charge >= 0.3 is 5.97 Å². The minimum absolute atomic E-state index is 0.134. The summed E-state index contributed by atoms with van der Waals surface area (Å²) in [5.74, 6) is -0.336. The van der Waals surface area contributed by atoms with E-state index in [1.165, 1.54) is 7.05 Å². The van der Waals surface area contributed by atoms with Crippen LogP contribution in [0.2, 0.25) is 0 Å². The fourth-order valence-electron chi connectivity index (χ4n) is 1.41. The maximum Gasteiger partial charge on any atom is 0.308 e. The quantitative estimate of drug-likeness (QED) is 0.457. The number of amides is 1. The summed E-state index contributed by atoms with van der Waals surface area (Å²) in [6.45, 7) is 7.45. The Bertz CT molecular complexity index is 508. The Morgan fingerprint density at radius 3 is 2.26 bits per heavy atom. The predicted molar refractivity (Wildman–Crippen MR) is 86.8 cm³/mol. The molecule has 0 spiro atoms. The number of esters is 1. The molecule has 23 heavy (non-hydrogen) atoms. The molecule has 1 amide bonds. The second-order valence-corrected chi connectivity index (χ2v) is 5.80. The number of hydroxylamine groups is 2. The van der Waals surface area contributed by atoms with Gasteiger partial charge in [-0.2, -0.15) is 0 Å². The van der Waals surface area contributed by atoms with Crippen molar-refractivity contribution < 1.29 is 24.0 Å². The van der Waals surface area contributed by atoms with Crippen molar-refractivity contribution in [2.75, 3.05) is 13.7 Å². The molecule has 128 valence electrons. The van der Waals surface area contributed by atoms with E-state index in [4.69, 9.17) is 9.57 Å². The van der Waals surface area contributed by atoms with Gasteiger partial charge in [0, 0.05) is 12.6 Å². The minimum atomic E-state index is -0.479. The Kier molecular flexibility index (Phi) is 9.50. The van der Waals surface area contributed by atoms with Crippen molar-refractivity contribution in [2.24, 2.45) is 0 Å². The van der Waals surface area contributed by atoms with E-state index in [2.05, 4.69) is 0 Å². The molecule has 1 rings (SSSR count). The van der Waals surface area contributed by atoms with Crippen LogP contribution in [0.15, 0.2) is 24.3 Å². The summed E-state index contributed by atoms with van der Waals surface area (Å²) in [6, 6.07) is 7.51. The third kappa shape index (κ3) is 11.1. The molecule has 1 aromatic rings. The number of carbonyl (C=O) groups excluding carboxylic acids is 3. The van der Waals surface area contributed by atoms with Crippen LogP contribution in [0.3, 0.4) is 0 Å². The lowest BCUT2D eigenvalue weighted by Crippen LogP contribution is -2.25. The molecule has 0 saturated carbocycles. The number of carbonyl (C=O) groups is 3. The highest BCUT2D eigenvalue weighted by Crippen LogP contribution is 2.08. The summed E-state index contributed by atoms with van der Waals surface area (Å²) in [5, 5.41) is 1.00. The molecule has 0 N–H and O–H groups in total. The third-order valence-electron chi connectivity index (χ3n) is 2.49. The van der Waals surface area contributed by atoms with Gasteiger partial charge in [0.15, 0.2) is 0 Å². The number of nitrogens with zero attached hydrogens (tertiary/aromatic N) is 1. The number of benzene rings is 1. The van der Waals surface area contributed by atoms with Crippen LogP contribution in [0.25, 0.3) is 0 Å². The monoisotopic (exact) mass is 323 g/mol. The number of ether oxygens (including phenoxy) is 1. The lowest BCUT2D eigenvalue weighted by molar-refractivity contribution is -0.172. The predicted octanol–water partition coefficient (Wildman–Crippen LogP) is 2.55. The average Bonchev–Trinajstić information content (AvgIpc) is 2.46. The SMILES string of the molecule is CN(C=O)OCCC(=O)OC(C)(C)C.Cc1ccccc1C=O. The van der Waals surface area contributed by atoms with E-state index in [9.17, 15) is 14.4 Å². The molecule has 0 saturated heterocycles. The van der Waals surface area contributed by atoms with Gasteiger partial charge in [0.05, 0.1) is 13.0 Å². The van der Waals surface area contributed by atoms with Crippen molar-refractivity contribution in [3.8, 4) is 0 Å². The van der Waals surface area contributed by atoms with Gasteiger partial charge in [-0.25, -0.2) is 5.06 Å². The first-order valence-corrected chi connectivity index (χ1v) is 7.23. The molecule has 0 aromatic heterocycles. The summed E-state index contributed by atoms with van der Waals surface area (Å²) in [7, 11) is 1.46. The standard InChI is InChI=1S/C9H17NO4.C8H8O/c1-9(2,3)14-8(12)5-6-13-10(4)7-11;1-7-4-2-3-5-8(7)6-9/h7H,5-6H2,1-4H3;2-6H,1H3. The Morgan fingerprint density at radius 1 is 1.22 bits per heavy atom. The second kappa shape index (κ2) is 10.5. The van der Waals surface area contributed by atoms with Crippen LogP contribution < -0.4 is 0 Å². The fraction of sp³-hybridized carbons (Fsp3) is 0.471. The first-order chi connectivity index (χ1) is 10.7. The zero-order valence-corrected chi connectivity index (χ0v) is 14.4. The number of hydrogen-bond acceptors (Lipinski definition) is 5. The van der Waals surface area contributed by atoms with Crippen LogP contribution in [0.4, 0.5) is 0 Å². The largest absolute Gasteiger partial charge is 0.460 e. The number of aryl methyl sites for hydroxylation is 1. The van der Waals surface area contributed by atoms with E-state index < -0.39 is 5.60 Å². The van der Waals surface area contributed by atoms with E-state index in [0.29, 0.717) is 6.41 Å². The van der Waals surface area contributed by atoms with Gasteiger partial charge in [0.25, 0.3) is 0 Å². The molecule has 0 fully saturated rings. The summed E-state index contributed by atoms with van der Waals surface area (Å²) in [4.78, 5) is 36.3. The van der Waals surface area contributed by atoms with E-state index >= 15 is 0 Å². The van der Waals surface area contributed by atoms with Crippen LogP contribution in [0, 0.1) is 6.92 Å². The Labute approximate surface area is 137 Å². The summed E-state index contributed by atoms with van der Waals surface area (Å²) < 4.78 is 5.03.